The molecule has 1 saturated carbocycles. The van der Waals surface area contributed by atoms with Crippen molar-refractivity contribution in [1.82, 2.24) is 0 Å². The van der Waals surface area contributed by atoms with Gasteiger partial charge in [-0.15, -0.1) is 0 Å². The van der Waals surface area contributed by atoms with E-state index in [0.717, 1.165) is 12.2 Å². The highest BCUT2D eigenvalue weighted by Gasteiger charge is 2.43. The summed E-state index contributed by atoms with van der Waals surface area (Å²) in [7, 11) is 0. The van der Waals surface area contributed by atoms with E-state index >= 15 is 0 Å². The summed E-state index contributed by atoms with van der Waals surface area (Å²) in [4.78, 5) is 11.7. The molecule has 0 heterocycles. The van der Waals surface area contributed by atoms with Crippen LogP contribution in [0.25, 0.3) is 0 Å². The summed E-state index contributed by atoms with van der Waals surface area (Å²) in [6.07, 6.45) is 8.64. The van der Waals surface area contributed by atoms with Crippen molar-refractivity contribution < 1.29 is 9.53 Å². The van der Waals surface area contributed by atoms with Gasteiger partial charge in [0, 0.05) is 5.75 Å². The largest absolute Gasteiger partial charge is 0.465 e. The summed E-state index contributed by atoms with van der Waals surface area (Å²) >= 11 is 1.89. The summed E-state index contributed by atoms with van der Waals surface area (Å²) in [5.74, 6) is 3.09. The number of hydrogen-bond donors (Lipinski definition) is 0. The first kappa shape index (κ1) is 15.9. The van der Waals surface area contributed by atoms with Crippen LogP contribution in [0.1, 0.15) is 58.8 Å². The Balaban J connectivity index is 1.92. The second-order valence-corrected chi connectivity index (χ2v) is 6.46. The van der Waals surface area contributed by atoms with E-state index in [1.165, 1.54) is 44.3 Å². The van der Waals surface area contributed by atoms with Crippen molar-refractivity contribution in [1.29, 1.82) is 0 Å². The van der Waals surface area contributed by atoms with E-state index in [1.54, 1.807) is 0 Å². The molecule has 18 heavy (non-hydrogen) atoms. The molecule has 2 unspecified atom stereocenters. The first-order chi connectivity index (χ1) is 8.79. The van der Waals surface area contributed by atoms with Crippen LogP contribution in [0.5, 0.6) is 0 Å². The van der Waals surface area contributed by atoms with Gasteiger partial charge in [0.05, 0.1) is 5.92 Å². The molecule has 2 atom stereocenters. The van der Waals surface area contributed by atoms with Gasteiger partial charge in [-0.25, -0.2) is 0 Å². The highest BCUT2D eigenvalue weighted by Crippen LogP contribution is 2.43. The normalized spacial score (nSPS) is 21.9. The molecule has 1 aliphatic rings. The maximum Gasteiger partial charge on any atom is 0.309 e. The van der Waals surface area contributed by atoms with Gasteiger partial charge in [0.1, 0.15) is 6.61 Å². The van der Waals surface area contributed by atoms with Gasteiger partial charge in [-0.2, -0.15) is 11.8 Å². The van der Waals surface area contributed by atoms with Crippen molar-refractivity contribution in [3.63, 3.8) is 0 Å². The fourth-order valence-electron chi connectivity index (χ4n) is 2.17. The van der Waals surface area contributed by atoms with Gasteiger partial charge in [0.2, 0.25) is 0 Å². The van der Waals surface area contributed by atoms with Crippen molar-refractivity contribution in [2.45, 2.75) is 58.8 Å². The fraction of sp³-hybridized carbons (Fsp3) is 0.933. The zero-order valence-corrected chi connectivity index (χ0v) is 12.8. The molecule has 0 aromatic heterocycles. The van der Waals surface area contributed by atoms with Gasteiger partial charge in [0.15, 0.2) is 0 Å². The van der Waals surface area contributed by atoms with Gasteiger partial charge in [-0.3, -0.25) is 4.79 Å². The molecule has 0 aromatic carbocycles. The highest BCUT2D eigenvalue weighted by molar-refractivity contribution is 7.99. The van der Waals surface area contributed by atoms with Gasteiger partial charge < -0.3 is 4.74 Å². The Kier molecular flexibility index (Phi) is 8.57. The third-order valence-electron chi connectivity index (χ3n) is 3.52. The average molecular weight is 272 g/mol. The first-order valence-electron chi connectivity index (χ1n) is 7.54. The number of ether oxygens (including phenoxy) is 1. The molecular formula is C15H28O2S. The molecule has 1 aliphatic carbocycles. The molecule has 106 valence electrons. The van der Waals surface area contributed by atoms with Crippen LogP contribution < -0.4 is 0 Å². The number of esters is 1. The second kappa shape index (κ2) is 9.71. The Morgan fingerprint density at radius 3 is 2.67 bits per heavy atom. The Labute approximate surface area is 116 Å². The van der Waals surface area contributed by atoms with E-state index in [-0.39, 0.29) is 11.9 Å². The minimum absolute atomic E-state index is 0.0626. The van der Waals surface area contributed by atoms with Crippen molar-refractivity contribution in [2.75, 3.05) is 18.1 Å². The van der Waals surface area contributed by atoms with Crippen LogP contribution in [0.3, 0.4) is 0 Å². The van der Waals surface area contributed by atoms with Gasteiger partial charge in [-0.1, -0.05) is 39.5 Å². The van der Waals surface area contributed by atoms with Crippen molar-refractivity contribution >= 4 is 17.7 Å². The summed E-state index contributed by atoms with van der Waals surface area (Å²) in [5, 5.41) is 0. The van der Waals surface area contributed by atoms with E-state index < -0.39 is 0 Å². The van der Waals surface area contributed by atoms with Gasteiger partial charge in [-0.05, 0) is 30.9 Å². The van der Waals surface area contributed by atoms with E-state index in [4.69, 9.17) is 4.74 Å². The van der Waals surface area contributed by atoms with Gasteiger partial charge in [0.25, 0.3) is 0 Å². The van der Waals surface area contributed by atoms with Gasteiger partial charge >= 0.3 is 5.97 Å². The van der Waals surface area contributed by atoms with E-state index in [9.17, 15) is 4.79 Å². The molecule has 0 amide bonds. The zero-order chi connectivity index (χ0) is 13.2. The second-order valence-electron chi connectivity index (χ2n) is 5.23. The van der Waals surface area contributed by atoms with Crippen molar-refractivity contribution in [2.24, 2.45) is 11.8 Å². The number of rotatable bonds is 11. The van der Waals surface area contributed by atoms with E-state index in [1.807, 2.05) is 11.8 Å². The molecule has 3 heteroatoms. The Bertz CT molecular complexity index is 231. The number of thioether (sulfide) groups is 1. The van der Waals surface area contributed by atoms with E-state index in [2.05, 4.69) is 13.8 Å². The fourth-order valence-corrected chi connectivity index (χ4v) is 3.07. The quantitative estimate of drug-likeness (QED) is 0.415. The number of hydrogen-bond acceptors (Lipinski definition) is 3. The van der Waals surface area contributed by atoms with Crippen LogP contribution in [0.15, 0.2) is 0 Å². The summed E-state index contributed by atoms with van der Waals surface area (Å²) in [6, 6.07) is 0. The molecule has 0 N–H and O–H groups in total. The number of unbranched alkanes of at least 4 members (excludes halogenated alkanes) is 3. The maximum absolute atomic E-state index is 11.7. The molecule has 0 aromatic rings. The summed E-state index contributed by atoms with van der Waals surface area (Å²) in [5.41, 5.74) is 0. The molecule has 0 bridgehead atoms. The lowest BCUT2D eigenvalue weighted by atomic mass is 10.1. The SMILES string of the molecule is CCCCCC1CC1C(=O)OCCSCCCC. The lowest BCUT2D eigenvalue weighted by Gasteiger charge is -2.04. The summed E-state index contributed by atoms with van der Waals surface area (Å²) < 4.78 is 5.32. The van der Waals surface area contributed by atoms with Crippen LogP contribution in [0.2, 0.25) is 0 Å². The molecule has 1 rings (SSSR count). The lowest BCUT2D eigenvalue weighted by Crippen LogP contribution is -2.10. The first-order valence-corrected chi connectivity index (χ1v) is 8.69. The molecule has 0 radical (unpaired) electrons. The molecule has 0 saturated heterocycles. The standard InChI is InChI=1S/C15H28O2S/c1-3-5-7-8-13-12-14(13)15(16)17-9-11-18-10-6-4-2/h13-14H,3-12H2,1-2H3. The van der Waals surface area contributed by atoms with Crippen LogP contribution in [-0.2, 0) is 9.53 Å². The van der Waals surface area contributed by atoms with E-state index in [0.29, 0.717) is 12.5 Å². The lowest BCUT2D eigenvalue weighted by molar-refractivity contribution is -0.144. The highest BCUT2D eigenvalue weighted by atomic mass is 32.2. The molecule has 0 spiro atoms. The molecule has 1 fully saturated rings. The molecule has 0 aliphatic heterocycles. The Morgan fingerprint density at radius 2 is 1.94 bits per heavy atom. The third-order valence-corrected chi connectivity index (χ3v) is 4.55. The molecule has 2 nitrogen and oxygen atoms in total. The van der Waals surface area contributed by atoms with Crippen molar-refractivity contribution in [3.05, 3.63) is 0 Å². The predicted molar refractivity (Wildman–Crippen MR) is 78.9 cm³/mol. The third kappa shape index (κ3) is 6.67. The number of carbonyl (C=O) groups is 1. The average Bonchev–Trinajstić information content (AvgIpc) is 3.13. The summed E-state index contributed by atoms with van der Waals surface area (Å²) in [6.45, 7) is 5.02. The van der Waals surface area contributed by atoms with Crippen LogP contribution in [0, 0.1) is 11.8 Å². The minimum atomic E-state index is 0.0626. The van der Waals surface area contributed by atoms with Crippen molar-refractivity contribution in [3.8, 4) is 0 Å². The van der Waals surface area contributed by atoms with Crippen LogP contribution in [0.4, 0.5) is 0 Å². The van der Waals surface area contributed by atoms with Crippen LogP contribution in [-0.4, -0.2) is 24.1 Å². The Hall–Kier alpha value is -0.180. The topological polar surface area (TPSA) is 26.3 Å². The Morgan fingerprint density at radius 1 is 1.17 bits per heavy atom. The monoisotopic (exact) mass is 272 g/mol. The van der Waals surface area contributed by atoms with Crippen LogP contribution >= 0.6 is 11.8 Å². The molecular weight excluding hydrogens is 244 g/mol. The predicted octanol–water partition coefficient (Wildman–Crippen LogP) is 4.28. The minimum Gasteiger partial charge on any atom is -0.465 e. The smallest absolute Gasteiger partial charge is 0.309 e. The maximum atomic E-state index is 11.7. The zero-order valence-electron chi connectivity index (χ0n) is 12.0. The number of carbonyl (C=O) groups excluding carboxylic acids is 1.